The lowest BCUT2D eigenvalue weighted by Gasteiger charge is -2.11. The molecule has 12 heteroatoms. The molecule has 0 saturated heterocycles. The Hall–Kier alpha value is -2.82. The maximum Gasteiger partial charge on any atom is 0.416 e. The first kappa shape index (κ1) is 19.5. The molecule has 3 amide bonds. The summed E-state index contributed by atoms with van der Waals surface area (Å²) in [7, 11) is 3.07. The number of alkyl halides is 3. The van der Waals surface area contributed by atoms with E-state index >= 15 is 0 Å². The maximum absolute atomic E-state index is 12.7. The first-order valence-corrected chi connectivity index (χ1v) is 7.49. The van der Waals surface area contributed by atoms with Gasteiger partial charge in [-0.2, -0.15) is 23.1 Å². The van der Waals surface area contributed by atoms with Crippen molar-refractivity contribution >= 4 is 35.0 Å². The highest BCUT2D eigenvalue weighted by atomic mass is 35.5. The van der Waals surface area contributed by atoms with E-state index in [2.05, 4.69) is 20.8 Å². The summed E-state index contributed by atoms with van der Waals surface area (Å²) in [6.45, 7) is -0.385. The number of carbonyl (C=O) groups is 2. The molecule has 26 heavy (non-hydrogen) atoms. The minimum absolute atomic E-state index is 0.0429. The second-order valence-corrected chi connectivity index (χ2v) is 5.73. The zero-order valence-corrected chi connectivity index (χ0v) is 14.4. The number of anilines is 2. The van der Waals surface area contributed by atoms with Crippen molar-refractivity contribution in [3.63, 3.8) is 0 Å². The van der Waals surface area contributed by atoms with E-state index in [4.69, 9.17) is 11.6 Å². The molecule has 0 aliphatic carbocycles. The summed E-state index contributed by atoms with van der Waals surface area (Å²) >= 11 is 5.81. The first-order valence-electron chi connectivity index (χ1n) is 7.11. The van der Waals surface area contributed by atoms with E-state index in [0.29, 0.717) is 0 Å². The fourth-order valence-corrected chi connectivity index (χ4v) is 1.93. The topological polar surface area (TPSA) is 92.2 Å². The van der Waals surface area contributed by atoms with Crippen molar-refractivity contribution in [3.8, 4) is 0 Å². The molecule has 0 radical (unpaired) electrons. The number of hydrogen-bond acceptors (Lipinski definition) is 4. The quantitative estimate of drug-likeness (QED) is 0.839. The minimum atomic E-state index is -4.56. The van der Waals surface area contributed by atoms with E-state index in [0.717, 1.165) is 23.0 Å². The number of aromatic nitrogens is 3. The van der Waals surface area contributed by atoms with Gasteiger partial charge in [-0.05, 0) is 18.2 Å². The number of rotatable bonds is 4. The summed E-state index contributed by atoms with van der Waals surface area (Å²) in [5.41, 5.74) is -1.12. The van der Waals surface area contributed by atoms with Gasteiger partial charge < -0.3 is 10.2 Å². The highest BCUT2D eigenvalue weighted by Gasteiger charge is 2.31. The van der Waals surface area contributed by atoms with Crippen LogP contribution in [0.2, 0.25) is 5.02 Å². The van der Waals surface area contributed by atoms with Crippen LogP contribution in [0.25, 0.3) is 0 Å². The molecule has 0 aliphatic rings. The molecule has 1 aromatic carbocycles. The van der Waals surface area contributed by atoms with E-state index in [9.17, 15) is 22.8 Å². The van der Waals surface area contributed by atoms with Crippen LogP contribution in [-0.2, 0) is 17.5 Å². The summed E-state index contributed by atoms with van der Waals surface area (Å²) in [5, 5.41) is 12.3. The van der Waals surface area contributed by atoms with E-state index in [1.807, 2.05) is 0 Å². The van der Waals surface area contributed by atoms with Gasteiger partial charge in [0.15, 0.2) is 5.82 Å². The second kappa shape index (κ2) is 7.60. The summed E-state index contributed by atoms with van der Waals surface area (Å²) in [6.07, 6.45) is -3.33. The normalized spacial score (nSPS) is 11.2. The Labute approximate surface area is 150 Å². The Kier molecular flexibility index (Phi) is 5.70. The Balaban J connectivity index is 2.03. The number of amides is 3. The summed E-state index contributed by atoms with van der Waals surface area (Å²) in [6, 6.07) is 2.16. The fraction of sp³-hybridized carbons (Fsp3) is 0.286. The largest absolute Gasteiger partial charge is 0.416 e. The van der Waals surface area contributed by atoms with Crippen LogP contribution in [0.3, 0.4) is 0 Å². The van der Waals surface area contributed by atoms with E-state index in [1.54, 1.807) is 0 Å². The third kappa shape index (κ3) is 5.09. The zero-order valence-electron chi connectivity index (χ0n) is 13.6. The summed E-state index contributed by atoms with van der Waals surface area (Å²) in [5.74, 6) is -0.569. The molecular weight excluding hydrogens is 377 g/mol. The van der Waals surface area contributed by atoms with Gasteiger partial charge in [0.25, 0.3) is 0 Å². The predicted molar refractivity (Wildman–Crippen MR) is 87.8 cm³/mol. The second-order valence-electron chi connectivity index (χ2n) is 5.33. The third-order valence-electron chi connectivity index (χ3n) is 3.03. The number of nitrogens with one attached hydrogen (secondary N) is 2. The van der Waals surface area contributed by atoms with Gasteiger partial charge in [-0.15, -0.1) is 5.10 Å². The molecule has 2 N–H and O–H groups in total. The molecule has 0 atom stereocenters. The molecule has 8 nitrogen and oxygen atoms in total. The van der Waals surface area contributed by atoms with Crippen LogP contribution in [0.5, 0.6) is 0 Å². The average molecular weight is 391 g/mol. The lowest BCUT2D eigenvalue weighted by atomic mass is 10.2. The van der Waals surface area contributed by atoms with Crippen LogP contribution < -0.4 is 10.6 Å². The van der Waals surface area contributed by atoms with Gasteiger partial charge in [-0.25, -0.2) is 4.79 Å². The molecule has 1 heterocycles. The lowest BCUT2D eigenvalue weighted by molar-refractivity contribution is -0.137. The van der Waals surface area contributed by atoms with Crippen molar-refractivity contribution in [1.82, 2.24) is 19.9 Å². The highest BCUT2D eigenvalue weighted by Crippen LogP contribution is 2.33. The molecule has 0 fully saturated rings. The number of benzene rings is 1. The minimum Gasteiger partial charge on any atom is -0.331 e. The Bertz CT molecular complexity index is 821. The van der Waals surface area contributed by atoms with Crippen molar-refractivity contribution in [1.29, 1.82) is 0 Å². The van der Waals surface area contributed by atoms with Crippen LogP contribution in [0.4, 0.5) is 29.5 Å². The molecule has 0 unspecified atom stereocenters. The zero-order chi connectivity index (χ0) is 19.5. The molecular formula is C14H14ClF3N6O2. The molecule has 0 bridgehead atoms. The Morgan fingerprint density at radius 2 is 1.96 bits per heavy atom. The van der Waals surface area contributed by atoms with Gasteiger partial charge in [0.1, 0.15) is 6.54 Å². The van der Waals surface area contributed by atoms with Crippen molar-refractivity contribution in [2.75, 3.05) is 24.7 Å². The van der Waals surface area contributed by atoms with Crippen molar-refractivity contribution in [2.24, 2.45) is 0 Å². The average Bonchev–Trinajstić information content (AvgIpc) is 2.95. The monoisotopic (exact) mass is 390 g/mol. The van der Waals surface area contributed by atoms with E-state index in [-0.39, 0.29) is 23.1 Å². The predicted octanol–water partition coefficient (Wildman–Crippen LogP) is 2.68. The van der Waals surface area contributed by atoms with Gasteiger partial charge in [0, 0.05) is 14.1 Å². The molecule has 140 valence electrons. The smallest absolute Gasteiger partial charge is 0.331 e. The van der Waals surface area contributed by atoms with Crippen molar-refractivity contribution in [3.05, 3.63) is 35.0 Å². The molecule has 2 rings (SSSR count). The third-order valence-corrected chi connectivity index (χ3v) is 3.36. The molecule has 1 aromatic heterocycles. The molecule has 0 saturated carbocycles. The van der Waals surface area contributed by atoms with Crippen LogP contribution in [0.1, 0.15) is 5.56 Å². The standard InChI is InChI=1S/C14H14ClF3N6O2/c1-23(2)13(26)21-11-6-19-24(22-11)7-12(25)20-10-5-8(14(16,17)18)3-4-9(10)15/h3-6H,7H2,1-2H3,(H,20,25)(H,21,22,26). The molecule has 2 aromatic rings. The molecule has 0 spiro atoms. The van der Waals surface area contributed by atoms with Gasteiger partial charge in [0.2, 0.25) is 5.91 Å². The number of nitrogens with zero attached hydrogens (tertiary/aromatic N) is 4. The molecule has 0 aliphatic heterocycles. The SMILES string of the molecule is CN(C)C(=O)Nc1cnn(CC(=O)Nc2cc(C(F)(F)F)ccc2Cl)n1. The summed E-state index contributed by atoms with van der Waals surface area (Å²) < 4.78 is 38.2. The van der Waals surface area contributed by atoms with Gasteiger partial charge in [-0.3, -0.25) is 10.1 Å². The number of carbonyl (C=O) groups excluding carboxylic acids is 2. The first-order chi connectivity index (χ1) is 12.1. The van der Waals surface area contributed by atoms with E-state index in [1.165, 1.54) is 25.2 Å². The highest BCUT2D eigenvalue weighted by molar-refractivity contribution is 6.33. The van der Waals surface area contributed by atoms with Crippen LogP contribution >= 0.6 is 11.6 Å². The van der Waals surface area contributed by atoms with E-state index < -0.39 is 23.7 Å². The van der Waals surface area contributed by atoms with Crippen molar-refractivity contribution < 1.29 is 22.8 Å². The number of halogens is 4. The number of hydrogen-bond donors (Lipinski definition) is 2. The van der Waals surface area contributed by atoms with Crippen LogP contribution in [0, 0.1) is 0 Å². The lowest BCUT2D eigenvalue weighted by Crippen LogP contribution is -2.27. The summed E-state index contributed by atoms with van der Waals surface area (Å²) in [4.78, 5) is 25.7. The Morgan fingerprint density at radius 1 is 1.27 bits per heavy atom. The van der Waals surface area contributed by atoms with Gasteiger partial charge >= 0.3 is 12.2 Å². The van der Waals surface area contributed by atoms with Gasteiger partial charge in [0.05, 0.1) is 22.5 Å². The van der Waals surface area contributed by atoms with Crippen molar-refractivity contribution in [2.45, 2.75) is 12.7 Å². The van der Waals surface area contributed by atoms with Crippen LogP contribution in [0.15, 0.2) is 24.4 Å². The Morgan fingerprint density at radius 3 is 2.58 bits per heavy atom. The van der Waals surface area contributed by atoms with Crippen LogP contribution in [-0.4, -0.2) is 45.9 Å². The maximum atomic E-state index is 12.7. The number of urea groups is 1. The fourth-order valence-electron chi connectivity index (χ4n) is 1.77. The van der Waals surface area contributed by atoms with Gasteiger partial charge in [-0.1, -0.05) is 11.6 Å².